The van der Waals surface area contributed by atoms with E-state index in [4.69, 9.17) is 9.36 Å². The van der Waals surface area contributed by atoms with Crippen molar-refractivity contribution in [3.63, 3.8) is 0 Å². The molecule has 16 heavy (non-hydrogen) atoms. The summed E-state index contributed by atoms with van der Waals surface area (Å²) in [5.74, 6) is 0. The van der Waals surface area contributed by atoms with Crippen LogP contribution in [0, 0.1) is 0 Å². The molecule has 7 heteroatoms. The minimum absolute atomic E-state index is 0.603. The Kier molecular flexibility index (Phi) is 7.65. The van der Waals surface area contributed by atoms with Gasteiger partial charge in [0.05, 0.1) is 6.61 Å². The summed E-state index contributed by atoms with van der Waals surface area (Å²) >= 11 is 0. The largest absolute Gasteiger partial charge is 0.346 e. The molecule has 0 aliphatic carbocycles. The second-order valence-corrected chi connectivity index (χ2v) is 13.5. The minimum Gasteiger partial charge on any atom is -0.346 e. The van der Waals surface area contributed by atoms with Gasteiger partial charge < -0.3 is 14.3 Å². The van der Waals surface area contributed by atoms with E-state index in [2.05, 4.69) is 55.3 Å². The molecule has 0 amide bonds. The van der Waals surface area contributed by atoms with E-state index >= 15 is 0 Å². The van der Waals surface area contributed by atoms with Crippen molar-refractivity contribution in [2.24, 2.45) is 0 Å². The van der Waals surface area contributed by atoms with Gasteiger partial charge in [0.1, 0.15) is 0 Å². The highest BCUT2D eigenvalue weighted by atomic mass is 28.4. The molecule has 0 fully saturated rings. The first-order valence-corrected chi connectivity index (χ1v) is 12.2. The zero-order valence-electron chi connectivity index (χ0n) is 11.4. The average Bonchev–Trinajstić information content (AvgIpc) is 2.09. The molecule has 0 heterocycles. The molecular formula is C9H27N3O2Si2. The summed E-state index contributed by atoms with van der Waals surface area (Å²) in [6, 6.07) is 0. The van der Waals surface area contributed by atoms with Crippen LogP contribution in [0.2, 0.25) is 32.7 Å². The van der Waals surface area contributed by atoms with Gasteiger partial charge in [0.25, 0.3) is 0 Å². The Bertz CT molecular complexity index is 186. The lowest BCUT2D eigenvalue weighted by Crippen LogP contribution is -2.57. The lowest BCUT2D eigenvalue weighted by Gasteiger charge is -2.24. The Morgan fingerprint density at radius 3 is 2.19 bits per heavy atom. The Morgan fingerprint density at radius 2 is 1.69 bits per heavy atom. The van der Waals surface area contributed by atoms with E-state index in [1.807, 2.05) is 0 Å². The van der Waals surface area contributed by atoms with E-state index < -0.39 is 16.7 Å². The molecule has 0 spiro atoms. The lowest BCUT2D eigenvalue weighted by atomic mass is 10.7. The van der Waals surface area contributed by atoms with Crippen LogP contribution in [0.3, 0.4) is 0 Å². The zero-order chi connectivity index (χ0) is 12.7. The van der Waals surface area contributed by atoms with Gasteiger partial charge in [-0.2, -0.15) is 0 Å². The number of nitrogens with one attached hydrogen (secondary N) is 3. The van der Waals surface area contributed by atoms with Crippen molar-refractivity contribution >= 4 is 16.7 Å². The Hall–Kier alpha value is 0.234. The summed E-state index contributed by atoms with van der Waals surface area (Å²) in [5, 5.41) is 3.10. The molecule has 0 aromatic rings. The van der Waals surface area contributed by atoms with Gasteiger partial charge in [-0.25, -0.2) is 10.6 Å². The van der Waals surface area contributed by atoms with Crippen LogP contribution in [0.25, 0.3) is 0 Å². The molecule has 0 aliphatic heterocycles. The second-order valence-electron chi connectivity index (χ2n) is 5.21. The van der Waals surface area contributed by atoms with Crippen LogP contribution in [-0.4, -0.2) is 36.4 Å². The van der Waals surface area contributed by atoms with Gasteiger partial charge in [-0.05, 0) is 39.3 Å². The fraction of sp³-hybridized carbons (Fsp3) is 1.00. The predicted molar refractivity (Wildman–Crippen MR) is 72.7 cm³/mol. The van der Waals surface area contributed by atoms with Crippen LogP contribution in [0.15, 0.2) is 0 Å². The fourth-order valence-corrected chi connectivity index (χ4v) is 3.02. The molecule has 0 atom stereocenters. The minimum atomic E-state index is -1.58. The normalized spacial score (nSPS) is 13.1. The summed E-state index contributed by atoms with van der Waals surface area (Å²) in [6.45, 7) is 15.1. The van der Waals surface area contributed by atoms with Crippen LogP contribution < -0.4 is 15.6 Å². The van der Waals surface area contributed by atoms with Crippen molar-refractivity contribution in [1.82, 2.24) is 15.6 Å². The number of hydroxylamine groups is 1. The van der Waals surface area contributed by atoms with Crippen molar-refractivity contribution < 1.29 is 9.36 Å². The monoisotopic (exact) mass is 265 g/mol. The van der Waals surface area contributed by atoms with E-state index in [-0.39, 0.29) is 0 Å². The second kappa shape index (κ2) is 7.54. The third kappa shape index (κ3) is 10.7. The molecule has 0 bridgehead atoms. The summed E-state index contributed by atoms with van der Waals surface area (Å²) < 4.78 is 5.49. The zero-order valence-corrected chi connectivity index (χ0v) is 13.4. The molecule has 0 aromatic heterocycles. The molecule has 98 valence electrons. The van der Waals surface area contributed by atoms with E-state index in [0.717, 1.165) is 6.54 Å². The predicted octanol–water partition coefficient (Wildman–Crippen LogP) is 1.17. The van der Waals surface area contributed by atoms with Crippen LogP contribution >= 0.6 is 0 Å². The Morgan fingerprint density at radius 1 is 1.06 bits per heavy atom. The van der Waals surface area contributed by atoms with Crippen LogP contribution in [0.4, 0.5) is 0 Å². The summed E-state index contributed by atoms with van der Waals surface area (Å²) in [7, 11) is -3.04. The smallest absolute Gasteiger partial charge is 0.221 e. The first kappa shape index (κ1) is 16.2. The highest BCUT2D eigenvalue weighted by molar-refractivity contribution is 6.72. The molecule has 0 aliphatic rings. The van der Waals surface area contributed by atoms with E-state index in [1.165, 1.54) is 0 Å². The quantitative estimate of drug-likeness (QED) is 0.332. The Labute approximate surface area is 101 Å². The van der Waals surface area contributed by atoms with Crippen molar-refractivity contribution in [2.45, 2.75) is 39.7 Å². The number of rotatable bonds is 9. The van der Waals surface area contributed by atoms with Gasteiger partial charge in [-0.3, -0.25) is 0 Å². The first-order valence-electron chi connectivity index (χ1n) is 5.82. The standard InChI is InChI=1S/C9H27N3O2Si2/c1-7-11-16(5,6)12-13-9-8-10-14-15(2,3)4/h10-12H,7-9H2,1-6H3. The van der Waals surface area contributed by atoms with Gasteiger partial charge >= 0.3 is 0 Å². The molecule has 0 saturated carbocycles. The molecular weight excluding hydrogens is 238 g/mol. The van der Waals surface area contributed by atoms with Gasteiger partial charge in [0.15, 0.2) is 0 Å². The molecule has 5 nitrogen and oxygen atoms in total. The molecule has 0 unspecified atom stereocenters. The third-order valence-corrected chi connectivity index (χ3v) is 4.28. The van der Waals surface area contributed by atoms with Crippen LogP contribution in [0.5, 0.6) is 0 Å². The maximum absolute atomic E-state index is 5.49. The van der Waals surface area contributed by atoms with Crippen molar-refractivity contribution in [3.8, 4) is 0 Å². The molecule has 0 saturated heterocycles. The molecule has 0 rings (SSSR count). The molecule has 0 radical (unpaired) electrons. The summed E-state index contributed by atoms with van der Waals surface area (Å²) in [4.78, 5) is 8.78. The van der Waals surface area contributed by atoms with Crippen molar-refractivity contribution in [2.75, 3.05) is 19.7 Å². The maximum atomic E-state index is 5.49. The average molecular weight is 266 g/mol. The van der Waals surface area contributed by atoms with E-state index in [9.17, 15) is 0 Å². The first-order chi connectivity index (χ1) is 7.27. The van der Waals surface area contributed by atoms with Gasteiger partial charge in [-0.1, -0.05) is 6.92 Å². The van der Waals surface area contributed by atoms with E-state index in [0.29, 0.717) is 13.2 Å². The summed E-state index contributed by atoms with van der Waals surface area (Å²) in [5.41, 5.74) is 2.94. The Balaban J connectivity index is 3.40. The van der Waals surface area contributed by atoms with Gasteiger partial charge in [0, 0.05) is 6.54 Å². The van der Waals surface area contributed by atoms with Crippen LogP contribution in [-0.2, 0) is 9.36 Å². The topological polar surface area (TPSA) is 54.5 Å². The highest BCUT2D eigenvalue weighted by Gasteiger charge is 2.19. The van der Waals surface area contributed by atoms with E-state index in [1.54, 1.807) is 0 Å². The maximum Gasteiger partial charge on any atom is 0.221 e. The highest BCUT2D eigenvalue weighted by Crippen LogP contribution is 1.98. The van der Waals surface area contributed by atoms with Gasteiger partial charge in [0.2, 0.25) is 16.7 Å². The fourth-order valence-electron chi connectivity index (χ4n) is 1.07. The number of hydrogen-bond acceptors (Lipinski definition) is 5. The van der Waals surface area contributed by atoms with Crippen molar-refractivity contribution in [3.05, 3.63) is 0 Å². The summed E-state index contributed by atoms with van der Waals surface area (Å²) in [6.07, 6.45) is 0. The lowest BCUT2D eigenvalue weighted by molar-refractivity contribution is 0.0632. The van der Waals surface area contributed by atoms with Gasteiger partial charge in [-0.15, -0.1) is 0 Å². The third-order valence-electron chi connectivity index (χ3n) is 1.63. The molecule has 3 N–H and O–H groups in total. The number of hydrogen-bond donors (Lipinski definition) is 3. The van der Waals surface area contributed by atoms with Crippen LogP contribution in [0.1, 0.15) is 6.92 Å². The SMILES string of the molecule is CCN[Si](C)(C)NOCCNO[Si](C)(C)C. The van der Waals surface area contributed by atoms with Crippen molar-refractivity contribution in [1.29, 1.82) is 0 Å². The molecule has 0 aromatic carbocycles.